The lowest BCUT2D eigenvalue weighted by Crippen LogP contribution is -2.40. The smallest absolute Gasteiger partial charge is 0.261 e. The van der Waals surface area contributed by atoms with E-state index in [0.717, 1.165) is 11.1 Å². The summed E-state index contributed by atoms with van der Waals surface area (Å²) in [7, 11) is 1.87. The Labute approximate surface area is 134 Å². The van der Waals surface area contributed by atoms with E-state index in [1.807, 2.05) is 30.1 Å². The molecule has 0 spiro atoms. The highest BCUT2D eigenvalue weighted by Crippen LogP contribution is 2.35. The van der Waals surface area contributed by atoms with Crippen molar-refractivity contribution in [2.75, 3.05) is 31.6 Å². The maximum absolute atomic E-state index is 12.6. The lowest BCUT2D eigenvalue weighted by Gasteiger charge is -2.28. The Morgan fingerprint density at radius 3 is 2.52 bits per heavy atom. The van der Waals surface area contributed by atoms with Crippen molar-refractivity contribution in [3.05, 3.63) is 54.1 Å². The topological polar surface area (TPSA) is 60.9 Å². The van der Waals surface area contributed by atoms with Gasteiger partial charge in [0.1, 0.15) is 0 Å². The number of rotatable bonds is 5. The predicted molar refractivity (Wildman–Crippen MR) is 89.9 cm³/mol. The van der Waals surface area contributed by atoms with Gasteiger partial charge < -0.3 is 10.0 Å². The van der Waals surface area contributed by atoms with E-state index in [4.69, 9.17) is 5.11 Å². The first-order valence-corrected chi connectivity index (χ1v) is 7.45. The fourth-order valence-electron chi connectivity index (χ4n) is 3.03. The maximum atomic E-state index is 12.6. The molecule has 2 amide bonds. The van der Waals surface area contributed by atoms with E-state index in [0.29, 0.717) is 23.1 Å². The first-order valence-electron chi connectivity index (χ1n) is 7.45. The molecule has 0 bridgehead atoms. The van der Waals surface area contributed by atoms with Crippen LogP contribution in [0.25, 0.3) is 10.8 Å². The van der Waals surface area contributed by atoms with Crippen LogP contribution in [0.1, 0.15) is 20.7 Å². The number of carbonyl (C=O) groups is 2. The largest absolute Gasteiger partial charge is 0.395 e. The number of amides is 2. The van der Waals surface area contributed by atoms with Crippen molar-refractivity contribution in [1.82, 2.24) is 4.90 Å². The number of hydrogen-bond donors (Lipinski definition) is 1. The van der Waals surface area contributed by atoms with Gasteiger partial charge in [0.25, 0.3) is 11.8 Å². The Bertz CT molecular complexity index is 791. The highest BCUT2D eigenvalue weighted by atomic mass is 16.3. The Kier molecular flexibility index (Phi) is 3.88. The summed E-state index contributed by atoms with van der Waals surface area (Å²) in [4.78, 5) is 28.3. The quantitative estimate of drug-likeness (QED) is 0.678. The second-order valence-electron chi connectivity index (χ2n) is 5.52. The summed E-state index contributed by atoms with van der Waals surface area (Å²) < 4.78 is 0. The average molecular weight is 310 g/mol. The van der Waals surface area contributed by atoms with E-state index >= 15 is 0 Å². The van der Waals surface area contributed by atoms with Gasteiger partial charge >= 0.3 is 0 Å². The van der Waals surface area contributed by atoms with Crippen LogP contribution in [0.4, 0.5) is 5.69 Å². The molecule has 0 saturated carbocycles. The highest BCUT2D eigenvalue weighted by Gasteiger charge is 2.32. The predicted octanol–water partition coefficient (Wildman–Crippen LogP) is 2.05. The summed E-state index contributed by atoms with van der Waals surface area (Å²) in [6.45, 7) is 4.31. The van der Waals surface area contributed by atoms with Gasteiger partial charge in [-0.3, -0.25) is 14.5 Å². The summed E-state index contributed by atoms with van der Waals surface area (Å²) >= 11 is 0. The number of likely N-dealkylation sites (N-methyl/N-ethyl adjacent to an activating group) is 1. The van der Waals surface area contributed by atoms with Gasteiger partial charge in [-0.1, -0.05) is 18.2 Å². The third kappa shape index (κ3) is 2.29. The number of imide groups is 1. The number of carbonyl (C=O) groups excluding carboxylic acids is 2. The summed E-state index contributed by atoms with van der Waals surface area (Å²) in [5.41, 5.74) is 1.94. The molecular weight excluding hydrogens is 292 g/mol. The molecule has 118 valence electrons. The average Bonchev–Trinajstić information content (AvgIpc) is 2.56. The number of benzene rings is 2. The van der Waals surface area contributed by atoms with Crippen molar-refractivity contribution >= 4 is 28.3 Å². The minimum atomic E-state index is -0.296. The summed E-state index contributed by atoms with van der Waals surface area (Å²) in [5.74, 6) is -0.593. The number of hydrogen-bond acceptors (Lipinski definition) is 4. The highest BCUT2D eigenvalue weighted by molar-refractivity contribution is 6.26. The van der Waals surface area contributed by atoms with Crippen LogP contribution in [0.2, 0.25) is 0 Å². The zero-order valence-corrected chi connectivity index (χ0v) is 13.0. The zero-order valence-electron chi connectivity index (χ0n) is 13.0. The fourth-order valence-corrected chi connectivity index (χ4v) is 3.03. The molecule has 2 aromatic carbocycles. The van der Waals surface area contributed by atoms with Crippen molar-refractivity contribution in [1.29, 1.82) is 0 Å². The third-order valence-electron chi connectivity index (χ3n) is 4.13. The zero-order chi connectivity index (χ0) is 16.6. The van der Waals surface area contributed by atoms with Crippen LogP contribution in [-0.2, 0) is 0 Å². The van der Waals surface area contributed by atoms with Gasteiger partial charge in [-0.05, 0) is 18.2 Å². The second-order valence-corrected chi connectivity index (χ2v) is 5.52. The van der Waals surface area contributed by atoms with Gasteiger partial charge in [0.15, 0.2) is 0 Å². The van der Waals surface area contributed by atoms with Crippen LogP contribution in [0.3, 0.4) is 0 Å². The molecule has 0 unspecified atom stereocenters. The van der Waals surface area contributed by atoms with E-state index in [2.05, 4.69) is 6.58 Å². The van der Waals surface area contributed by atoms with Crippen LogP contribution in [0.15, 0.2) is 43.0 Å². The van der Waals surface area contributed by atoms with Gasteiger partial charge in [-0.2, -0.15) is 0 Å². The SMILES string of the molecule is C=CCN1C(=O)c2cccc3c(N(C)CCO)ccc(c23)C1=O. The monoisotopic (exact) mass is 310 g/mol. The molecule has 0 fully saturated rings. The van der Waals surface area contributed by atoms with Crippen LogP contribution >= 0.6 is 0 Å². The molecule has 5 heteroatoms. The molecule has 1 heterocycles. The molecule has 1 aliphatic rings. The third-order valence-corrected chi connectivity index (χ3v) is 4.13. The Balaban J connectivity index is 2.25. The number of anilines is 1. The van der Waals surface area contributed by atoms with Gasteiger partial charge in [0, 0.05) is 47.7 Å². The lowest BCUT2D eigenvalue weighted by molar-refractivity contribution is 0.0629. The van der Waals surface area contributed by atoms with Crippen LogP contribution in [0, 0.1) is 0 Å². The normalized spacial score (nSPS) is 13.6. The number of aliphatic hydroxyl groups excluding tert-OH is 1. The van der Waals surface area contributed by atoms with Gasteiger partial charge in [0.2, 0.25) is 0 Å². The standard InChI is InChI=1S/C18H18N2O3/c1-3-9-20-17(22)13-6-4-5-12-15(19(2)10-11-21)8-7-14(16(12)13)18(20)23/h3-8,21H,1,9-11H2,2H3. The molecule has 3 rings (SSSR count). The Hall–Kier alpha value is -2.66. The molecule has 0 radical (unpaired) electrons. The van der Waals surface area contributed by atoms with Crippen LogP contribution in [-0.4, -0.2) is 48.6 Å². The van der Waals surface area contributed by atoms with Crippen molar-refractivity contribution in [3.63, 3.8) is 0 Å². The van der Waals surface area contributed by atoms with Crippen molar-refractivity contribution < 1.29 is 14.7 Å². The van der Waals surface area contributed by atoms with Crippen LogP contribution < -0.4 is 4.90 Å². The Morgan fingerprint density at radius 2 is 1.87 bits per heavy atom. The molecule has 5 nitrogen and oxygen atoms in total. The molecule has 2 aromatic rings. The van der Waals surface area contributed by atoms with Gasteiger partial charge in [-0.15, -0.1) is 6.58 Å². The van der Waals surface area contributed by atoms with E-state index in [1.54, 1.807) is 18.2 Å². The molecule has 0 atom stereocenters. The Morgan fingerprint density at radius 1 is 1.17 bits per heavy atom. The molecular formula is C18H18N2O3. The van der Waals surface area contributed by atoms with E-state index < -0.39 is 0 Å². The molecule has 23 heavy (non-hydrogen) atoms. The molecule has 1 N–H and O–H groups in total. The van der Waals surface area contributed by atoms with Crippen LogP contribution in [0.5, 0.6) is 0 Å². The minimum Gasteiger partial charge on any atom is -0.395 e. The first kappa shape index (κ1) is 15.2. The number of aliphatic hydroxyl groups is 1. The molecule has 0 aromatic heterocycles. The molecule has 0 aliphatic carbocycles. The van der Waals surface area contributed by atoms with Crippen molar-refractivity contribution in [3.8, 4) is 0 Å². The summed E-state index contributed by atoms with van der Waals surface area (Å²) in [5, 5.41) is 10.7. The molecule has 1 aliphatic heterocycles. The van der Waals surface area contributed by atoms with E-state index in [9.17, 15) is 9.59 Å². The van der Waals surface area contributed by atoms with Gasteiger partial charge in [-0.25, -0.2) is 0 Å². The maximum Gasteiger partial charge on any atom is 0.261 e. The van der Waals surface area contributed by atoms with E-state index in [-0.39, 0.29) is 25.0 Å². The van der Waals surface area contributed by atoms with Crippen molar-refractivity contribution in [2.24, 2.45) is 0 Å². The molecule has 0 saturated heterocycles. The fraction of sp³-hybridized carbons (Fsp3) is 0.222. The minimum absolute atomic E-state index is 0.0322. The lowest BCUT2D eigenvalue weighted by atomic mass is 9.92. The van der Waals surface area contributed by atoms with Crippen molar-refractivity contribution in [2.45, 2.75) is 0 Å². The number of nitrogens with zero attached hydrogens (tertiary/aromatic N) is 2. The summed E-state index contributed by atoms with van der Waals surface area (Å²) in [6, 6.07) is 9.07. The van der Waals surface area contributed by atoms with Gasteiger partial charge in [0.05, 0.1) is 6.61 Å². The second kappa shape index (κ2) is 5.85. The van der Waals surface area contributed by atoms with E-state index in [1.165, 1.54) is 4.90 Å². The first-order chi connectivity index (χ1) is 11.1. The summed E-state index contributed by atoms with van der Waals surface area (Å²) in [6.07, 6.45) is 1.55.